The van der Waals surface area contributed by atoms with Crippen LogP contribution in [0.4, 0.5) is 23.7 Å². The van der Waals surface area contributed by atoms with Gasteiger partial charge in [0.15, 0.2) is 0 Å². The van der Waals surface area contributed by atoms with E-state index in [0.29, 0.717) is 19.5 Å². The van der Waals surface area contributed by atoms with Crippen molar-refractivity contribution in [3.8, 4) is 0 Å². The Balaban J connectivity index is 1.74. The Labute approximate surface area is 207 Å². The second-order valence-corrected chi connectivity index (χ2v) is 8.34. The predicted molar refractivity (Wildman–Crippen MR) is 127 cm³/mol. The summed E-state index contributed by atoms with van der Waals surface area (Å²) in [5.41, 5.74) is 1.83. The minimum atomic E-state index is -4.57. The summed E-state index contributed by atoms with van der Waals surface area (Å²) in [4.78, 5) is 39.2. The number of amides is 3. The largest absolute Gasteiger partial charge is 0.448 e. The maximum absolute atomic E-state index is 13.5. The summed E-state index contributed by atoms with van der Waals surface area (Å²) in [5.74, 6) is -0.464. The van der Waals surface area contributed by atoms with Gasteiger partial charge in [-0.1, -0.05) is 30.3 Å². The molecule has 194 valence electrons. The fourth-order valence-electron chi connectivity index (χ4n) is 4.08. The molecule has 0 radical (unpaired) electrons. The first-order valence-corrected chi connectivity index (χ1v) is 11.5. The molecule has 36 heavy (non-hydrogen) atoms. The molecule has 3 amide bonds. The van der Waals surface area contributed by atoms with Crippen molar-refractivity contribution >= 4 is 23.6 Å². The van der Waals surface area contributed by atoms with Crippen molar-refractivity contribution in [1.29, 1.82) is 0 Å². The van der Waals surface area contributed by atoms with E-state index in [4.69, 9.17) is 4.74 Å². The van der Waals surface area contributed by atoms with Crippen LogP contribution >= 0.6 is 0 Å². The standard InChI is InChI=1S/C25H29F3N4O4/c1-17(33)31-11-10-20-18(15-31)7-5-9-22(20)30-14-23(34)32(12-13-36-24(35)29-2)16-19-6-3-4-8-21(19)25(26,27)28/h3-9,30H,10-16H2,1-2H3,(H,29,35). The van der Waals surface area contributed by atoms with Crippen molar-refractivity contribution in [3.63, 3.8) is 0 Å². The van der Waals surface area contributed by atoms with Crippen LogP contribution in [-0.2, 0) is 40.0 Å². The van der Waals surface area contributed by atoms with E-state index in [0.717, 1.165) is 22.9 Å². The molecule has 2 aromatic carbocycles. The zero-order valence-electron chi connectivity index (χ0n) is 20.2. The summed E-state index contributed by atoms with van der Waals surface area (Å²) in [6, 6.07) is 10.6. The lowest BCUT2D eigenvalue weighted by molar-refractivity contribution is -0.139. The van der Waals surface area contributed by atoms with Crippen LogP contribution in [0.5, 0.6) is 0 Å². The summed E-state index contributed by atoms with van der Waals surface area (Å²) < 4.78 is 45.4. The van der Waals surface area contributed by atoms with Crippen LogP contribution in [0.2, 0.25) is 0 Å². The molecule has 0 saturated carbocycles. The van der Waals surface area contributed by atoms with Gasteiger partial charge in [-0.2, -0.15) is 13.2 Å². The van der Waals surface area contributed by atoms with Gasteiger partial charge in [0.05, 0.1) is 18.7 Å². The van der Waals surface area contributed by atoms with E-state index in [1.165, 1.54) is 37.1 Å². The van der Waals surface area contributed by atoms with Crippen LogP contribution in [0.15, 0.2) is 42.5 Å². The molecule has 0 saturated heterocycles. The minimum absolute atomic E-state index is 0.0112. The number of alkyl carbamates (subject to hydrolysis) is 1. The monoisotopic (exact) mass is 506 g/mol. The molecule has 1 heterocycles. The Hall–Kier alpha value is -3.76. The molecule has 0 unspecified atom stereocenters. The van der Waals surface area contributed by atoms with Crippen molar-refractivity contribution in [2.24, 2.45) is 0 Å². The second-order valence-electron chi connectivity index (χ2n) is 8.34. The number of nitrogens with zero attached hydrogens (tertiary/aromatic N) is 2. The van der Waals surface area contributed by atoms with Crippen LogP contribution in [0, 0.1) is 0 Å². The summed E-state index contributed by atoms with van der Waals surface area (Å²) in [5, 5.41) is 5.38. The lowest BCUT2D eigenvalue weighted by Gasteiger charge is -2.30. The molecule has 0 spiro atoms. The van der Waals surface area contributed by atoms with Crippen LogP contribution in [0.3, 0.4) is 0 Å². The number of alkyl halides is 3. The number of carbonyl (C=O) groups excluding carboxylic acids is 3. The summed E-state index contributed by atoms with van der Waals surface area (Å²) in [6.07, 6.45) is -4.65. The molecule has 0 bridgehead atoms. The van der Waals surface area contributed by atoms with Crippen molar-refractivity contribution in [2.75, 3.05) is 38.6 Å². The topological polar surface area (TPSA) is 91.0 Å². The molecule has 8 nitrogen and oxygen atoms in total. The lowest BCUT2D eigenvalue weighted by Crippen LogP contribution is -2.39. The van der Waals surface area contributed by atoms with Crippen molar-refractivity contribution in [1.82, 2.24) is 15.1 Å². The Morgan fingerprint density at radius 2 is 1.86 bits per heavy atom. The number of anilines is 1. The van der Waals surface area contributed by atoms with Gasteiger partial charge in [0, 0.05) is 39.3 Å². The molecule has 2 aromatic rings. The number of halogens is 3. The van der Waals surface area contributed by atoms with E-state index in [1.54, 1.807) is 4.90 Å². The SMILES string of the molecule is CNC(=O)OCCN(Cc1ccccc1C(F)(F)F)C(=O)CNc1cccc2c1CCN(C(C)=O)C2. The molecule has 11 heteroatoms. The van der Waals surface area contributed by atoms with E-state index >= 15 is 0 Å². The summed E-state index contributed by atoms with van der Waals surface area (Å²) in [6.45, 7) is 1.83. The second kappa shape index (κ2) is 11.8. The fraction of sp³-hybridized carbons (Fsp3) is 0.400. The average Bonchev–Trinajstić information content (AvgIpc) is 2.85. The highest BCUT2D eigenvalue weighted by atomic mass is 19.4. The number of ether oxygens (including phenoxy) is 1. The number of nitrogens with one attached hydrogen (secondary N) is 2. The third-order valence-corrected chi connectivity index (χ3v) is 5.98. The highest BCUT2D eigenvalue weighted by Gasteiger charge is 2.33. The van der Waals surface area contributed by atoms with Gasteiger partial charge in [-0.3, -0.25) is 9.59 Å². The first-order chi connectivity index (χ1) is 17.1. The Morgan fingerprint density at radius 1 is 1.11 bits per heavy atom. The maximum atomic E-state index is 13.5. The van der Waals surface area contributed by atoms with Gasteiger partial charge in [-0.15, -0.1) is 0 Å². The minimum Gasteiger partial charge on any atom is -0.448 e. The Bertz CT molecular complexity index is 1110. The molecular formula is C25H29F3N4O4. The molecular weight excluding hydrogens is 477 g/mol. The van der Waals surface area contributed by atoms with E-state index in [-0.39, 0.29) is 37.7 Å². The lowest BCUT2D eigenvalue weighted by atomic mass is 9.97. The molecule has 2 N–H and O–H groups in total. The van der Waals surface area contributed by atoms with E-state index in [2.05, 4.69) is 10.6 Å². The highest BCUT2D eigenvalue weighted by molar-refractivity contribution is 5.81. The van der Waals surface area contributed by atoms with Crippen molar-refractivity contribution in [3.05, 3.63) is 64.7 Å². The normalized spacial score (nSPS) is 13.0. The number of hydrogen-bond donors (Lipinski definition) is 2. The third-order valence-electron chi connectivity index (χ3n) is 5.98. The smallest absolute Gasteiger partial charge is 0.416 e. The first kappa shape index (κ1) is 26.8. The molecule has 0 fully saturated rings. The van der Waals surface area contributed by atoms with Crippen molar-refractivity contribution < 1.29 is 32.3 Å². The Kier molecular flexibility index (Phi) is 8.78. The maximum Gasteiger partial charge on any atom is 0.416 e. The number of carbonyl (C=O) groups is 3. The van der Waals surface area contributed by atoms with Gasteiger partial charge in [0.25, 0.3) is 0 Å². The van der Waals surface area contributed by atoms with E-state index < -0.39 is 23.7 Å². The van der Waals surface area contributed by atoms with Crippen molar-refractivity contribution in [2.45, 2.75) is 32.6 Å². The van der Waals surface area contributed by atoms with Crippen LogP contribution in [0.25, 0.3) is 0 Å². The zero-order valence-corrected chi connectivity index (χ0v) is 20.2. The third kappa shape index (κ3) is 6.89. The average molecular weight is 507 g/mol. The number of fused-ring (bicyclic) bond motifs is 1. The zero-order chi connectivity index (χ0) is 26.3. The van der Waals surface area contributed by atoms with Crippen LogP contribution in [0.1, 0.15) is 29.2 Å². The quantitative estimate of drug-likeness (QED) is 0.573. The fourth-order valence-corrected chi connectivity index (χ4v) is 4.08. The van der Waals surface area contributed by atoms with E-state index in [1.807, 2.05) is 18.2 Å². The van der Waals surface area contributed by atoms with E-state index in [9.17, 15) is 27.6 Å². The molecule has 0 aromatic heterocycles. The summed E-state index contributed by atoms with van der Waals surface area (Å²) >= 11 is 0. The first-order valence-electron chi connectivity index (χ1n) is 11.5. The van der Waals surface area contributed by atoms with Gasteiger partial charge in [0.1, 0.15) is 6.61 Å². The predicted octanol–water partition coefficient (Wildman–Crippen LogP) is 3.41. The number of hydrogen-bond acceptors (Lipinski definition) is 5. The molecule has 3 rings (SSSR count). The molecule has 0 atom stereocenters. The highest BCUT2D eigenvalue weighted by Crippen LogP contribution is 2.32. The number of benzene rings is 2. The van der Waals surface area contributed by atoms with Crippen LogP contribution in [-0.4, -0.2) is 61.0 Å². The summed E-state index contributed by atoms with van der Waals surface area (Å²) in [7, 11) is 1.38. The van der Waals surface area contributed by atoms with Gasteiger partial charge in [0.2, 0.25) is 11.8 Å². The van der Waals surface area contributed by atoms with Crippen LogP contribution < -0.4 is 10.6 Å². The van der Waals surface area contributed by atoms with Gasteiger partial charge in [-0.25, -0.2) is 4.79 Å². The number of rotatable bonds is 8. The molecule has 1 aliphatic heterocycles. The Morgan fingerprint density at radius 3 is 2.56 bits per heavy atom. The van der Waals surface area contributed by atoms with Gasteiger partial charge in [-0.05, 0) is 35.2 Å². The van der Waals surface area contributed by atoms with Gasteiger partial charge >= 0.3 is 12.3 Å². The molecule has 0 aliphatic carbocycles. The van der Waals surface area contributed by atoms with Gasteiger partial charge < -0.3 is 25.2 Å². The molecule has 1 aliphatic rings.